The topological polar surface area (TPSA) is 69.1 Å². The molecule has 0 aliphatic heterocycles. The van der Waals surface area contributed by atoms with Gasteiger partial charge in [-0.05, 0) is 69.2 Å². The maximum atomic E-state index is 11.1. The van der Waals surface area contributed by atoms with Crippen LogP contribution >= 0.6 is 0 Å². The predicted octanol–water partition coefficient (Wildman–Crippen LogP) is 5.20. The standard InChI is InChI=1S/C21H18N2O3/c1-11-7-18(25-13(11)3)20-21(19-8-12(2)14(4)26-19)23-17-9-15(10-24)5-6-16(17)22-20/h5-10H,1-4H3. The Bertz CT molecular complexity index is 1110. The summed E-state index contributed by atoms with van der Waals surface area (Å²) in [4.78, 5) is 20.6. The van der Waals surface area contributed by atoms with Gasteiger partial charge in [-0.2, -0.15) is 0 Å². The highest BCUT2D eigenvalue weighted by atomic mass is 16.3. The van der Waals surface area contributed by atoms with E-state index in [0.29, 0.717) is 39.5 Å². The fraction of sp³-hybridized carbons (Fsp3) is 0.190. The molecule has 3 aromatic heterocycles. The molecular formula is C21H18N2O3. The smallest absolute Gasteiger partial charge is 0.155 e. The first-order valence-electron chi connectivity index (χ1n) is 8.38. The average Bonchev–Trinajstić information content (AvgIpc) is 3.15. The monoisotopic (exact) mass is 346 g/mol. The average molecular weight is 346 g/mol. The van der Waals surface area contributed by atoms with Gasteiger partial charge in [-0.25, -0.2) is 9.97 Å². The van der Waals surface area contributed by atoms with Crippen LogP contribution in [0.15, 0.2) is 39.2 Å². The van der Waals surface area contributed by atoms with Crippen molar-refractivity contribution in [1.82, 2.24) is 9.97 Å². The SMILES string of the molecule is Cc1cc(-c2nc3ccc(C=O)cc3nc2-c2cc(C)c(C)o2)oc1C. The number of hydrogen-bond acceptors (Lipinski definition) is 5. The molecule has 1 aromatic carbocycles. The maximum absolute atomic E-state index is 11.1. The van der Waals surface area contributed by atoms with Crippen LogP contribution in [0.1, 0.15) is 33.0 Å². The summed E-state index contributed by atoms with van der Waals surface area (Å²) >= 11 is 0. The van der Waals surface area contributed by atoms with Gasteiger partial charge in [-0.15, -0.1) is 0 Å². The van der Waals surface area contributed by atoms with Crippen molar-refractivity contribution in [2.45, 2.75) is 27.7 Å². The molecule has 3 heterocycles. The Balaban J connectivity index is 2.03. The molecule has 0 saturated heterocycles. The summed E-state index contributed by atoms with van der Waals surface area (Å²) in [5.74, 6) is 2.96. The summed E-state index contributed by atoms with van der Waals surface area (Å²) < 4.78 is 11.8. The van der Waals surface area contributed by atoms with Crippen molar-refractivity contribution in [3.63, 3.8) is 0 Å². The summed E-state index contributed by atoms with van der Waals surface area (Å²) in [5, 5.41) is 0. The van der Waals surface area contributed by atoms with Crippen LogP contribution in [0.4, 0.5) is 0 Å². The van der Waals surface area contributed by atoms with Crippen LogP contribution in [0, 0.1) is 27.7 Å². The number of aryl methyl sites for hydroxylation is 4. The number of hydrogen-bond donors (Lipinski definition) is 0. The van der Waals surface area contributed by atoms with Crippen molar-refractivity contribution >= 4 is 17.3 Å². The maximum Gasteiger partial charge on any atom is 0.155 e. The summed E-state index contributed by atoms with van der Waals surface area (Å²) in [5.41, 5.74) is 5.21. The summed E-state index contributed by atoms with van der Waals surface area (Å²) in [6.07, 6.45) is 0.801. The zero-order chi connectivity index (χ0) is 18.4. The summed E-state index contributed by atoms with van der Waals surface area (Å²) in [7, 11) is 0. The van der Waals surface area contributed by atoms with E-state index < -0.39 is 0 Å². The lowest BCUT2D eigenvalue weighted by molar-refractivity contribution is 0.112. The molecule has 0 spiro atoms. The third kappa shape index (κ3) is 2.62. The molecule has 0 aliphatic rings. The highest BCUT2D eigenvalue weighted by Gasteiger charge is 2.20. The predicted molar refractivity (Wildman–Crippen MR) is 99.3 cm³/mol. The first kappa shape index (κ1) is 16.3. The number of aldehydes is 1. The molecule has 0 fully saturated rings. The van der Waals surface area contributed by atoms with Crippen molar-refractivity contribution in [1.29, 1.82) is 0 Å². The normalized spacial score (nSPS) is 11.2. The van der Waals surface area contributed by atoms with E-state index in [-0.39, 0.29) is 0 Å². The van der Waals surface area contributed by atoms with E-state index in [1.54, 1.807) is 18.2 Å². The van der Waals surface area contributed by atoms with Crippen LogP contribution in [0.5, 0.6) is 0 Å². The van der Waals surface area contributed by atoms with Crippen LogP contribution in [0.25, 0.3) is 33.9 Å². The van der Waals surface area contributed by atoms with Gasteiger partial charge in [0.2, 0.25) is 0 Å². The number of furan rings is 2. The van der Waals surface area contributed by atoms with Crippen LogP contribution < -0.4 is 0 Å². The zero-order valence-electron chi connectivity index (χ0n) is 15.1. The molecule has 0 aliphatic carbocycles. The quantitative estimate of drug-likeness (QED) is 0.477. The molecule has 0 saturated carbocycles. The summed E-state index contributed by atoms with van der Waals surface area (Å²) in [6, 6.07) is 9.15. The van der Waals surface area contributed by atoms with Crippen molar-refractivity contribution in [3.05, 3.63) is 58.5 Å². The van der Waals surface area contributed by atoms with E-state index >= 15 is 0 Å². The van der Waals surface area contributed by atoms with E-state index in [1.807, 2.05) is 39.8 Å². The number of fused-ring (bicyclic) bond motifs is 1. The fourth-order valence-corrected chi connectivity index (χ4v) is 2.87. The molecule has 0 radical (unpaired) electrons. The Labute approximate surface area is 150 Å². The van der Waals surface area contributed by atoms with Crippen LogP contribution in [0.2, 0.25) is 0 Å². The first-order valence-corrected chi connectivity index (χ1v) is 8.38. The van der Waals surface area contributed by atoms with Gasteiger partial charge in [0.1, 0.15) is 29.2 Å². The number of rotatable bonds is 3. The minimum atomic E-state index is 0.557. The van der Waals surface area contributed by atoms with E-state index in [4.69, 9.17) is 18.8 Å². The lowest BCUT2D eigenvalue weighted by atomic mass is 10.1. The van der Waals surface area contributed by atoms with E-state index in [9.17, 15) is 4.79 Å². The molecule has 0 atom stereocenters. The first-order chi connectivity index (χ1) is 12.5. The molecule has 26 heavy (non-hydrogen) atoms. The number of carbonyl (C=O) groups excluding carboxylic acids is 1. The second kappa shape index (κ2) is 5.95. The molecule has 0 amide bonds. The Hall–Kier alpha value is -3.21. The minimum absolute atomic E-state index is 0.557. The Morgan fingerprint density at radius 1 is 0.769 bits per heavy atom. The summed E-state index contributed by atoms with van der Waals surface area (Å²) in [6.45, 7) is 7.82. The number of carbonyl (C=O) groups is 1. The van der Waals surface area contributed by atoms with Gasteiger partial charge in [-0.3, -0.25) is 4.79 Å². The highest BCUT2D eigenvalue weighted by molar-refractivity contribution is 5.88. The number of benzene rings is 1. The van der Waals surface area contributed by atoms with E-state index in [0.717, 1.165) is 28.9 Å². The second-order valence-electron chi connectivity index (χ2n) is 6.49. The van der Waals surface area contributed by atoms with Gasteiger partial charge in [-0.1, -0.05) is 0 Å². The third-order valence-electron chi connectivity index (χ3n) is 4.62. The zero-order valence-corrected chi connectivity index (χ0v) is 15.1. The van der Waals surface area contributed by atoms with E-state index in [1.165, 1.54) is 0 Å². The minimum Gasteiger partial charge on any atom is -0.459 e. The number of nitrogens with zero attached hydrogens (tertiary/aromatic N) is 2. The third-order valence-corrected chi connectivity index (χ3v) is 4.62. The Morgan fingerprint density at radius 2 is 1.31 bits per heavy atom. The van der Waals surface area contributed by atoms with Gasteiger partial charge in [0.05, 0.1) is 11.0 Å². The Kier molecular flexibility index (Phi) is 3.72. The fourth-order valence-electron chi connectivity index (χ4n) is 2.87. The number of aromatic nitrogens is 2. The lowest BCUT2D eigenvalue weighted by Gasteiger charge is -2.07. The molecule has 0 unspecified atom stereocenters. The van der Waals surface area contributed by atoms with Crippen LogP contribution in [-0.4, -0.2) is 16.3 Å². The molecule has 4 rings (SSSR count). The van der Waals surface area contributed by atoms with Gasteiger partial charge in [0, 0.05) is 5.56 Å². The molecular weight excluding hydrogens is 328 g/mol. The van der Waals surface area contributed by atoms with Gasteiger partial charge in [0.25, 0.3) is 0 Å². The van der Waals surface area contributed by atoms with Gasteiger partial charge >= 0.3 is 0 Å². The second-order valence-corrected chi connectivity index (χ2v) is 6.49. The van der Waals surface area contributed by atoms with Crippen molar-refractivity contribution in [2.24, 2.45) is 0 Å². The molecule has 130 valence electrons. The molecule has 0 bridgehead atoms. The Morgan fingerprint density at radius 3 is 1.77 bits per heavy atom. The molecule has 5 heteroatoms. The van der Waals surface area contributed by atoms with Crippen molar-refractivity contribution < 1.29 is 13.6 Å². The van der Waals surface area contributed by atoms with Crippen molar-refractivity contribution in [3.8, 4) is 22.9 Å². The molecule has 4 aromatic rings. The molecule has 0 N–H and O–H groups in total. The largest absolute Gasteiger partial charge is 0.459 e. The molecule has 5 nitrogen and oxygen atoms in total. The van der Waals surface area contributed by atoms with Gasteiger partial charge in [0.15, 0.2) is 11.5 Å². The highest BCUT2D eigenvalue weighted by Crippen LogP contribution is 2.34. The van der Waals surface area contributed by atoms with E-state index in [2.05, 4.69) is 0 Å². The van der Waals surface area contributed by atoms with Crippen molar-refractivity contribution in [2.75, 3.05) is 0 Å². The van der Waals surface area contributed by atoms with Crippen LogP contribution in [-0.2, 0) is 0 Å². The van der Waals surface area contributed by atoms with Crippen LogP contribution in [0.3, 0.4) is 0 Å². The lowest BCUT2D eigenvalue weighted by Crippen LogP contribution is -1.95. The van der Waals surface area contributed by atoms with Gasteiger partial charge < -0.3 is 8.83 Å².